The molecule has 2 atom stereocenters. The molecule has 5 nitrogen and oxygen atoms in total. The second-order valence-electron chi connectivity index (χ2n) is 4.43. The molecule has 2 unspecified atom stereocenters. The molecule has 0 aliphatic carbocycles. The number of hydrogen-bond donors (Lipinski definition) is 0. The Morgan fingerprint density at radius 3 is 3.06 bits per heavy atom. The summed E-state index contributed by atoms with van der Waals surface area (Å²) in [5.41, 5.74) is 0. The molecule has 1 aliphatic heterocycles. The van der Waals surface area contributed by atoms with Gasteiger partial charge in [0.2, 0.25) is 5.89 Å². The molecule has 0 spiro atoms. The van der Waals surface area contributed by atoms with Crippen molar-refractivity contribution in [1.82, 2.24) is 10.1 Å². The maximum absolute atomic E-state index is 11.5. The molecular weight excluding hydrogens is 220 g/mol. The lowest BCUT2D eigenvalue weighted by atomic mass is 10.1. The minimum Gasteiger partial charge on any atom is -0.378 e. The van der Waals surface area contributed by atoms with Gasteiger partial charge in [0.1, 0.15) is 5.78 Å². The average Bonchev–Trinajstić information content (AvgIpc) is 2.99. The molecule has 0 aromatic carbocycles. The zero-order valence-electron chi connectivity index (χ0n) is 10.3. The Bertz CT molecular complexity index is 383. The van der Waals surface area contributed by atoms with Crippen molar-refractivity contribution in [3.63, 3.8) is 0 Å². The fourth-order valence-electron chi connectivity index (χ4n) is 1.98. The van der Waals surface area contributed by atoms with Crippen molar-refractivity contribution >= 4 is 5.78 Å². The first-order valence-corrected chi connectivity index (χ1v) is 6.17. The topological polar surface area (TPSA) is 65.2 Å². The van der Waals surface area contributed by atoms with Gasteiger partial charge in [0, 0.05) is 19.4 Å². The monoisotopic (exact) mass is 238 g/mol. The molecule has 5 heteroatoms. The highest BCUT2D eigenvalue weighted by atomic mass is 16.5. The number of aromatic nitrogens is 2. The van der Waals surface area contributed by atoms with Gasteiger partial charge in [-0.05, 0) is 19.8 Å². The van der Waals surface area contributed by atoms with Crippen LogP contribution in [0.4, 0.5) is 0 Å². The predicted octanol–water partition coefficient (Wildman–Crippen LogP) is 1.87. The zero-order valence-corrected chi connectivity index (χ0v) is 10.3. The number of nitrogens with zero attached hydrogens (tertiary/aromatic N) is 2. The number of carbonyl (C=O) groups excluding carboxylic acids is 1. The van der Waals surface area contributed by atoms with Crippen LogP contribution in [-0.4, -0.2) is 28.6 Å². The van der Waals surface area contributed by atoms with E-state index in [1.54, 1.807) is 6.92 Å². The standard InChI is InChI=1S/C12H18N2O3/c1-3-10(15)8(2)12-13-11(14-17-12)7-9-5-4-6-16-9/h8-9H,3-7H2,1-2H3. The molecule has 1 saturated heterocycles. The molecule has 2 rings (SSSR count). The summed E-state index contributed by atoms with van der Waals surface area (Å²) in [6.45, 7) is 4.46. The Morgan fingerprint density at radius 2 is 2.41 bits per heavy atom. The van der Waals surface area contributed by atoms with E-state index in [0.717, 1.165) is 19.4 Å². The highest BCUT2D eigenvalue weighted by Crippen LogP contribution is 2.19. The van der Waals surface area contributed by atoms with E-state index in [9.17, 15) is 4.79 Å². The van der Waals surface area contributed by atoms with Gasteiger partial charge < -0.3 is 9.26 Å². The number of hydrogen-bond acceptors (Lipinski definition) is 5. The van der Waals surface area contributed by atoms with Crippen molar-refractivity contribution in [3.05, 3.63) is 11.7 Å². The van der Waals surface area contributed by atoms with Crippen LogP contribution in [-0.2, 0) is 16.0 Å². The van der Waals surface area contributed by atoms with Crippen LogP contribution in [0.5, 0.6) is 0 Å². The Morgan fingerprint density at radius 1 is 1.59 bits per heavy atom. The summed E-state index contributed by atoms with van der Waals surface area (Å²) >= 11 is 0. The van der Waals surface area contributed by atoms with Gasteiger partial charge in [0.05, 0.1) is 12.0 Å². The lowest BCUT2D eigenvalue weighted by Crippen LogP contribution is -2.11. The van der Waals surface area contributed by atoms with Gasteiger partial charge in [-0.15, -0.1) is 0 Å². The molecule has 1 aromatic rings. The van der Waals surface area contributed by atoms with E-state index in [1.807, 2.05) is 6.92 Å². The summed E-state index contributed by atoms with van der Waals surface area (Å²) < 4.78 is 10.6. The third kappa shape index (κ3) is 2.91. The zero-order chi connectivity index (χ0) is 12.3. The Balaban J connectivity index is 1.97. The highest BCUT2D eigenvalue weighted by molar-refractivity contribution is 5.83. The fraction of sp³-hybridized carbons (Fsp3) is 0.750. The quantitative estimate of drug-likeness (QED) is 0.783. The van der Waals surface area contributed by atoms with E-state index in [0.29, 0.717) is 24.6 Å². The third-order valence-electron chi connectivity index (χ3n) is 3.12. The molecule has 1 fully saturated rings. The number of rotatable bonds is 5. The number of ketones is 1. The Kier molecular flexibility index (Phi) is 3.89. The maximum Gasteiger partial charge on any atom is 0.236 e. The minimum absolute atomic E-state index is 0.123. The van der Waals surface area contributed by atoms with Crippen molar-refractivity contribution in [2.24, 2.45) is 0 Å². The summed E-state index contributed by atoms with van der Waals surface area (Å²) in [6, 6.07) is 0. The molecule has 1 aromatic heterocycles. The SMILES string of the molecule is CCC(=O)C(C)c1nc(CC2CCCO2)no1. The summed E-state index contributed by atoms with van der Waals surface area (Å²) in [6.07, 6.45) is 3.52. The Labute approximate surface area is 101 Å². The second kappa shape index (κ2) is 5.40. The molecule has 0 bridgehead atoms. The van der Waals surface area contributed by atoms with Crippen LogP contribution in [0.15, 0.2) is 4.52 Å². The van der Waals surface area contributed by atoms with Gasteiger partial charge in [0.25, 0.3) is 0 Å². The molecule has 17 heavy (non-hydrogen) atoms. The van der Waals surface area contributed by atoms with Crippen molar-refractivity contribution in [3.8, 4) is 0 Å². The van der Waals surface area contributed by atoms with Crippen LogP contribution >= 0.6 is 0 Å². The van der Waals surface area contributed by atoms with Gasteiger partial charge in [-0.3, -0.25) is 4.79 Å². The molecule has 1 aliphatic rings. The smallest absolute Gasteiger partial charge is 0.236 e. The molecule has 2 heterocycles. The normalized spacial score (nSPS) is 21.6. The number of carbonyl (C=O) groups is 1. The van der Waals surface area contributed by atoms with Gasteiger partial charge >= 0.3 is 0 Å². The van der Waals surface area contributed by atoms with E-state index in [2.05, 4.69) is 10.1 Å². The van der Waals surface area contributed by atoms with E-state index >= 15 is 0 Å². The van der Waals surface area contributed by atoms with Crippen molar-refractivity contribution in [1.29, 1.82) is 0 Å². The van der Waals surface area contributed by atoms with Crippen LogP contribution < -0.4 is 0 Å². The number of ether oxygens (including phenoxy) is 1. The minimum atomic E-state index is -0.300. The lowest BCUT2D eigenvalue weighted by molar-refractivity contribution is -0.120. The van der Waals surface area contributed by atoms with Crippen molar-refractivity contribution in [2.45, 2.75) is 51.6 Å². The summed E-state index contributed by atoms with van der Waals surface area (Å²) in [5.74, 6) is 0.885. The highest BCUT2D eigenvalue weighted by Gasteiger charge is 2.23. The van der Waals surface area contributed by atoms with Gasteiger partial charge in [0.15, 0.2) is 5.82 Å². The van der Waals surface area contributed by atoms with Crippen molar-refractivity contribution < 1.29 is 14.1 Å². The summed E-state index contributed by atoms with van der Waals surface area (Å²) in [7, 11) is 0. The van der Waals surface area contributed by atoms with E-state index in [-0.39, 0.29) is 17.8 Å². The van der Waals surface area contributed by atoms with E-state index < -0.39 is 0 Å². The van der Waals surface area contributed by atoms with Crippen LogP contribution in [0.2, 0.25) is 0 Å². The van der Waals surface area contributed by atoms with Crippen LogP contribution in [0.3, 0.4) is 0 Å². The van der Waals surface area contributed by atoms with E-state index in [1.165, 1.54) is 0 Å². The van der Waals surface area contributed by atoms with Crippen molar-refractivity contribution in [2.75, 3.05) is 6.61 Å². The fourth-order valence-corrected chi connectivity index (χ4v) is 1.98. The average molecular weight is 238 g/mol. The first-order chi connectivity index (χ1) is 8.20. The van der Waals surface area contributed by atoms with E-state index in [4.69, 9.17) is 9.26 Å². The summed E-state index contributed by atoms with van der Waals surface area (Å²) in [4.78, 5) is 15.8. The van der Waals surface area contributed by atoms with Gasteiger partial charge in [-0.2, -0.15) is 4.98 Å². The molecule has 0 amide bonds. The molecule has 0 radical (unpaired) electrons. The molecule has 94 valence electrons. The van der Waals surface area contributed by atoms with Crippen LogP contribution in [0.1, 0.15) is 50.7 Å². The largest absolute Gasteiger partial charge is 0.378 e. The molecular formula is C12H18N2O3. The maximum atomic E-state index is 11.5. The first-order valence-electron chi connectivity index (χ1n) is 6.17. The van der Waals surface area contributed by atoms with Crippen LogP contribution in [0, 0.1) is 0 Å². The molecule has 0 saturated carbocycles. The summed E-state index contributed by atoms with van der Waals surface area (Å²) in [5, 5.41) is 3.90. The molecule has 0 N–H and O–H groups in total. The van der Waals surface area contributed by atoms with Crippen LogP contribution in [0.25, 0.3) is 0 Å². The predicted molar refractivity (Wildman–Crippen MR) is 60.7 cm³/mol. The Hall–Kier alpha value is -1.23. The first kappa shape index (κ1) is 12.2. The number of Topliss-reactive ketones (excluding diaryl/α,β-unsaturated/α-hetero) is 1. The second-order valence-corrected chi connectivity index (χ2v) is 4.43. The lowest BCUT2D eigenvalue weighted by Gasteiger charge is -2.04. The third-order valence-corrected chi connectivity index (χ3v) is 3.12. The van der Waals surface area contributed by atoms with Gasteiger partial charge in [-0.1, -0.05) is 12.1 Å². The van der Waals surface area contributed by atoms with Gasteiger partial charge in [-0.25, -0.2) is 0 Å².